The zero-order valence-electron chi connectivity index (χ0n) is 11.5. The summed E-state index contributed by atoms with van der Waals surface area (Å²) in [5, 5.41) is 18.4. The lowest BCUT2D eigenvalue weighted by molar-refractivity contribution is -0.384. The van der Waals surface area contributed by atoms with Crippen LogP contribution in [0.5, 0.6) is 0 Å². The Morgan fingerprint density at radius 2 is 2.25 bits per heavy atom. The van der Waals surface area contributed by atoms with Crippen LogP contribution in [0.25, 0.3) is 0 Å². The van der Waals surface area contributed by atoms with Gasteiger partial charge in [-0.25, -0.2) is 4.68 Å². The molecule has 104 valence electrons. The number of aromatic nitrogens is 2. The normalized spacial score (nSPS) is 16.4. The Morgan fingerprint density at radius 1 is 1.50 bits per heavy atom. The summed E-state index contributed by atoms with van der Waals surface area (Å²) < 4.78 is 1.54. The molecule has 20 heavy (non-hydrogen) atoms. The van der Waals surface area contributed by atoms with Crippen LogP contribution >= 0.6 is 0 Å². The number of nitrogens with one attached hydrogen (secondary N) is 1. The van der Waals surface area contributed by atoms with Crippen LogP contribution in [0.2, 0.25) is 0 Å². The van der Waals surface area contributed by atoms with Gasteiger partial charge in [-0.3, -0.25) is 10.1 Å². The minimum atomic E-state index is -0.376. The van der Waals surface area contributed by atoms with Gasteiger partial charge in [0.05, 0.1) is 4.92 Å². The Balaban J connectivity index is 1.76. The summed E-state index contributed by atoms with van der Waals surface area (Å²) in [6.45, 7) is 2.35. The molecule has 1 aromatic heterocycles. The SMILES string of the molecule is Cc1nn(C)c(NCC2Cc3ccccc32)c1[N+](=O)[O-]. The molecule has 0 aliphatic heterocycles. The van der Waals surface area contributed by atoms with E-state index < -0.39 is 0 Å². The summed E-state index contributed by atoms with van der Waals surface area (Å²) >= 11 is 0. The molecule has 1 aliphatic rings. The molecule has 0 saturated carbocycles. The van der Waals surface area contributed by atoms with Gasteiger partial charge < -0.3 is 5.32 Å². The molecule has 0 fully saturated rings. The lowest BCUT2D eigenvalue weighted by atomic mass is 9.77. The number of hydrogen-bond donors (Lipinski definition) is 1. The molecule has 3 rings (SSSR count). The van der Waals surface area contributed by atoms with Crippen molar-refractivity contribution in [1.82, 2.24) is 9.78 Å². The Morgan fingerprint density at radius 3 is 2.95 bits per heavy atom. The first-order valence-corrected chi connectivity index (χ1v) is 6.57. The largest absolute Gasteiger partial charge is 0.364 e. The maximum atomic E-state index is 11.1. The van der Waals surface area contributed by atoms with Gasteiger partial charge in [0.15, 0.2) is 0 Å². The number of benzene rings is 1. The molecule has 0 saturated heterocycles. The predicted molar refractivity (Wildman–Crippen MR) is 76.0 cm³/mol. The van der Waals surface area contributed by atoms with Gasteiger partial charge in [0, 0.05) is 19.5 Å². The van der Waals surface area contributed by atoms with Crippen molar-refractivity contribution in [3.05, 3.63) is 51.2 Å². The smallest absolute Gasteiger partial charge is 0.333 e. The fraction of sp³-hybridized carbons (Fsp3) is 0.357. The van der Waals surface area contributed by atoms with Crippen molar-refractivity contribution in [1.29, 1.82) is 0 Å². The highest BCUT2D eigenvalue weighted by Gasteiger charge is 2.28. The lowest BCUT2D eigenvalue weighted by Crippen LogP contribution is -2.25. The highest BCUT2D eigenvalue weighted by atomic mass is 16.6. The second kappa shape index (κ2) is 4.63. The highest BCUT2D eigenvalue weighted by molar-refractivity contribution is 5.59. The molecule has 1 aromatic carbocycles. The minimum Gasteiger partial charge on any atom is -0.364 e. The van der Waals surface area contributed by atoms with E-state index >= 15 is 0 Å². The summed E-state index contributed by atoms with van der Waals surface area (Å²) in [6, 6.07) is 8.32. The summed E-state index contributed by atoms with van der Waals surface area (Å²) in [5.74, 6) is 0.901. The van der Waals surface area contributed by atoms with Gasteiger partial charge in [0.25, 0.3) is 0 Å². The molecule has 0 radical (unpaired) electrons. The second-order valence-electron chi connectivity index (χ2n) is 5.14. The van der Waals surface area contributed by atoms with Crippen LogP contribution < -0.4 is 5.32 Å². The average Bonchev–Trinajstić information content (AvgIpc) is 2.65. The lowest BCUT2D eigenvalue weighted by Gasteiger charge is -2.30. The van der Waals surface area contributed by atoms with Gasteiger partial charge in [-0.2, -0.15) is 5.10 Å². The monoisotopic (exact) mass is 272 g/mol. The fourth-order valence-corrected chi connectivity index (χ4v) is 2.83. The van der Waals surface area contributed by atoms with Crippen LogP contribution in [0.4, 0.5) is 11.5 Å². The first kappa shape index (κ1) is 12.7. The third-order valence-corrected chi connectivity index (χ3v) is 3.85. The van der Waals surface area contributed by atoms with Crippen molar-refractivity contribution < 1.29 is 4.92 Å². The number of aryl methyl sites for hydroxylation is 2. The maximum Gasteiger partial charge on any atom is 0.333 e. The van der Waals surface area contributed by atoms with E-state index in [0.29, 0.717) is 24.0 Å². The number of rotatable bonds is 4. The third-order valence-electron chi connectivity index (χ3n) is 3.85. The van der Waals surface area contributed by atoms with Gasteiger partial charge in [0.2, 0.25) is 5.82 Å². The Hall–Kier alpha value is -2.37. The molecule has 1 N–H and O–H groups in total. The van der Waals surface area contributed by atoms with Crippen molar-refractivity contribution in [2.45, 2.75) is 19.3 Å². The number of nitrogens with zero attached hydrogens (tertiary/aromatic N) is 3. The van der Waals surface area contributed by atoms with Gasteiger partial charge in [-0.05, 0) is 24.5 Å². The van der Waals surface area contributed by atoms with Crippen molar-refractivity contribution in [3.63, 3.8) is 0 Å². The van der Waals surface area contributed by atoms with E-state index in [4.69, 9.17) is 0 Å². The second-order valence-corrected chi connectivity index (χ2v) is 5.14. The van der Waals surface area contributed by atoms with E-state index in [1.165, 1.54) is 15.8 Å². The molecule has 1 heterocycles. The molecule has 0 spiro atoms. The van der Waals surface area contributed by atoms with Crippen LogP contribution in [0, 0.1) is 17.0 Å². The third kappa shape index (κ3) is 1.93. The fourth-order valence-electron chi connectivity index (χ4n) is 2.83. The zero-order valence-corrected chi connectivity index (χ0v) is 11.5. The molecule has 1 unspecified atom stereocenters. The maximum absolute atomic E-state index is 11.1. The molecule has 1 aliphatic carbocycles. The van der Waals surface area contributed by atoms with Crippen LogP contribution in [0.3, 0.4) is 0 Å². The number of anilines is 1. The zero-order chi connectivity index (χ0) is 14.3. The number of hydrogen-bond acceptors (Lipinski definition) is 4. The molecule has 6 nitrogen and oxygen atoms in total. The average molecular weight is 272 g/mol. The Labute approximate surface area is 116 Å². The van der Waals surface area contributed by atoms with E-state index in [0.717, 1.165) is 6.42 Å². The molecule has 6 heteroatoms. The van der Waals surface area contributed by atoms with Crippen LogP contribution in [0.1, 0.15) is 22.7 Å². The number of fused-ring (bicyclic) bond motifs is 1. The van der Waals surface area contributed by atoms with Gasteiger partial charge in [-0.1, -0.05) is 24.3 Å². The minimum absolute atomic E-state index is 0.0695. The standard InChI is InChI=1S/C14H16N4O2/c1-9-13(18(19)20)14(17(2)16-9)15-8-11-7-10-5-3-4-6-12(10)11/h3-6,11,15H,7-8H2,1-2H3. The van der Waals surface area contributed by atoms with Crippen LogP contribution in [-0.2, 0) is 13.5 Å². The van der Waals surface area contributed by atoms with E-state index in [9.17, 15) is 10.1 Å². The quantitative estimate of drug-likeness (QED) is 0.685. The Kier molecular flexibility index (Phi) is 2.93. The highest BCUT2D eigenvalue weighted by Crippen LogP contribution is 2.36. The van der Waals surface area contributed by atoms with E-state index in [1.54, 1.807) is 14.0 Å². The van der Waals surface area contributed by atoms with Gasteiger partial charge in [0.1, 0.15) is 5.69 Å². The van der Waals surface area contributed by atoms with E-state index in [1.807, 2.05) is 12.1 Å². The number of nitro groups is 1. The van der Waals surface area contributed by atoms with E-state index in [2.05, 4.69) is 22.5 Å². The first-order valence-electron chi connectivity index (χ1n) is 6.57. The molecule has 1 atom stereocenters. The molecule has 2 aromatic rings. The van der Waals surface area contributed by atoms with Gasteiger partial charge in [-0.15, -0.1) is 0 Å². The first-order chi connectivity index (χ1) is 9.58. The van der Waals surface area contributed by atoms with Crippen molar-refractivity contribution in [3.8, 4) is 0 Å². The van der Waals surface area contributed by atoms with Crippen molar-refractivity contribution in [2.75, 3.05) is 11.9 Å². The van der Waals surface area contributed by atoms with Crippen molar-refractivity contribution >= 4 is 11.5 Å². The topological polar surface area (TPSA) is 73.0 Å². The van der Waals surface area contributed by atoms with Crippen molar-refractivity contribution in [2.24, 2.45) is 7.05 Å². The van der Waals surface area contributed by atoms with Gasteiger partial charge >= 0.3 is 5.69 Å². The summed E-state index contributed by atoms with van der Waals surface area (Å²) in [6.07, 6.45) is 1.02. The molecule has 0 bridgehead atoms. The van der Waals surface area contributed by atoms with Crippen LogP contribution in [0.15, 0.2) is 24.3 Å². The summed E-state index contributed by atoms with van der Waals surface area (Å²) in [5.41, 5.74) is 3.21. The van der Waals surface area contributed by atoms with Crippen LogP contribution in [-0.4, -0.2) is 21.2 Å². The Bertz CT molecular complexity index is 678. The summed E-state index contributed by atoms with van der Waals surface area (Å²) in [4.78, 5) is 10.7. The molecular weight excluding hydrogens is 256 g/mol. The molecule has 0 amide bonds. The van der Waals surface area contributed by atoms with E-state index in [-0.39, 0.29) is 10.6 Å². The molecular formula is C14H16N4O2. The summed E-state index contributed by atoms with van der Waals surface area (Å²) in [7, 11) is 1.72. The predicted octanol–water partition coefficient (Wildman–Crippen LogP) is 2.39.